The summed E-state index contributed by atoms with van der Waals surface area (Å²) in [7, 11) is 0. The first-order valence-electron chi connectivity index (χ1n) is 8.26. The largest absolute Gasteiger partial charge is 0.314 e. The smallest absolute Gasteiger partial charge is 0.163 e. The van der Waals surface area contributed by atoms with Crippen LogP contribution in [0.25, 0.3) is 0 Å². The van der Waals surface area contributed by atoms with E-state index in [9.17, 15) is 13.2 Å². The Balaban J connectivity index is 0.00000192. The number of hydrogen-bond acceptors (Lipinski definition) is 2. The van der Waals surface area contributed by atoms with Crippen molar-refractivity contribution in [2.75, 3.05) is 26.2 Å². The molecule has 0 bridgehead atoms. The second-order valence-corrected chi connectivity index (χ2v) is 6.42. The zero-order valence-electron chi connectivity index (χ0n) is 13.2. The van der Waals surface area contributed by atoms with E-state index in [-0.39, 0.29) is 29.9 Å². The van der Waals surface area contributed by atoms with E-state index < -0.39 is 17.5 Å². The highest BCUT2D eigenvalue weighted by Gasteiger charge is 2.33. The third-order valence-corrected chi connectivity index (χ3v) is 4.98. The Hall–Kier alpha value is -0.780. The maximum Gasteiger partial charge on any atom is 0.163 e. The molecule has 3 rings (SSSR count). The van der Waals surface area contributed by atoms with Crippen LogP contribution in [0.15, 0.2) is 12.1 Å². The molecule has 1 aliphatic carbocycles. The molecular formula is C17H24ClF3N2. The van der Waals surface area contributed by atoms with Gasteiger partial charge in [-0.05, 0) is 24.8 Å². The van der Waals surface area contributed by atoms with Crippen LogP contribution >= 0.6 is 12.4 Å². The van der Waals surface area contributed by atoms with Gasteiger partial charge in [0.05, 0.1) is 0 Å². The fourth-order valence-corrected chi connectivity index (χ4v) is 3.95. The molecule has 1 aromatic carbocycles. The van der Waals surface area contributed by atoms with Crippen molar-refractivity contribution in [2.24, 2.45) is 5.92 Å². The average molecular weight is 349 g/mol. The van der Waals surface area contributed by atoms with E-state index in [1.165, 1.54) is 12.5 Å². The summed E-state index contributed by atoms with van der Waals surface area (Å²) in [4.78, 5) is 2.20. The molecule has 6 heteroatoms. The van der Waals surface area contributed by atoms with Gasteiger partial charge in [0.15, 0.2) is 11.6 Å². The lowest BCUT2D eigenvalue weighted by atomic mass is 9.80. The van der Waals surface area contributed by atoms with Gasteiger partial charge in [-0.25, -0.2) is 13.2 Å². The molecule has 1 aromatic rings. The van der Waals surface area contributed by atoms with Crippen molar-refractivity contribution in [1.29, 1.82) is 0 Å². The number of halogens is 4. The monoisotopic (exact) mass is 348 g/mol. The van der Waals surface area contributed by atoms with Crippen molar-refractivity contribution in [1.82, 2.24) is 10.2 Å². The lowest BCUT2D eigenvalue weighted by molar-refractivity contribution is 0.0997. The Labute approximate surface area is 141 Å². The molecule has 2 aliphatic rings. The van der Waals surface area contributed by atoms with Crippen LogP contribution in [-0.4, -0.2) is 31.1 Å². The van der Waals surface area contributed by atoms with Crippen LogP contribution in [0.3, 0.4) is 0 Å². The SMILES string of the molecule is Cl.Fc1cc(F)c(F)c([C@H](C2CCCCC2)N2CCNCC2)c1. The van der Waals surface area contributed by atoms with Gasteiger partial charge >= 0.3 is 0 Å². The van der Waals surface area contributed by atoms with E-state index in [0.717, 1.165) is 51.9 Å². The molecule has 1 saturated heterocycles. The topological polar surface area (TPSA) is 15.3 Å². The van der Waals surface area contributed by atoms with Gasteiger partial charge in [-0.1, -0.05) is 19.3 Å². The highest BCUT2D eigenvalue weighted by molar-refractivity contribution is 5.85. The molecule has 1 N–H and O–H groups in total. The van der Waals surface area contributed by atoms with Crippen LogP contribution in [0, 0.1) is 23.4 Å². The van der Waals surface area contributed by atoms with Crippen molar-refractivity contribution >= 4 is 12.4 Å². The Morgan fingerprint density at radius 3 is 2.30 bits per heavy atom. The lowest BCUT2D eigenvalue weighted by Crippen LogP contribution is -2.47. The number of nitrogens with zero attached hydrogens (tertiary/aromatic N) is 1. The second-order valence-electron chi connectivity index (χ2n) is 6.42. The Morgan fingerprint density at radius 2 is 1.65 bits per heavy atom. The minimum absolute atomic E-state index is 0. The summed E-state index contributed by atoms with van der Waals surface area (Å²) < 4.78 is 41.7. The molecule has 130 valence electrons. The van der Waals surface area contributed by atoms with Gasteiger partial charge in [0, 0.05) is 43.9 Å². The predicted molar refractivity (Wildman–Crippen MR) is 87.3 cm³/mol. The van der Waals surface area contributed by atoms with Gasteiger partial charge < -0.3 is 5.32 Å². The van der Waals surface area contributed by atoms with E-state index in [2.05, 4.69) is 10.2 Å². The van der Waals surface area contributed by atoms with E-state index in [1.807, 2.05) is 0 Å². The molecular weight excluding hydrogens is 325 g/mol. The van der Waals surface area contributed by atoms with Gasteiger partial charge in [-0.3, -0.25) is 4.90 Å². The Morgan fingerprint density at radius 1 is 1.00 bits per heavy atom. The van der Waals surface area contributed by atoms with Crippen molar-refractivity contribution in [3.05, 3.63) is 35.1 Å². The molecule has 0 radical (unpaired) electrons. The maximum absolute atomic E-state index is 14.4. The van der Waals surface area contributed by atoms with Crippen LogP contribution in [0.5, 0.6) is 0 Å². The number of hydrogen-bond donors (Lipinski definition) is 1. The van der Waals surface area contributed by atoms with Crippen LogP contribution in [0.4, 0.5) is 13.2 Å². The number of rotatable bonds is 3. The van der Waals surface area contributed by atoms with Crippen molar-refractivity contribution in [2.45, 2.75) is 38.1 Å². The Kier molecular flexibility index (Phi) is 6.74. The summed E-state index contributed by atoms with van der Waals surface area (Å²) in [5.74, 6) is -2.37. The second kappa shape index (κ2) is 8.36. The molecule has 23 heavy (non-hydrogen) atoms. The predicted octanol–water partition coefficient (Wildman–Crippen LogP) is 4.05. The van der Waals surface area contributed by atoms with Crippen molar-refractivity contribution < 1.29 is 13.2 Å². The molecule has 1 aliphatic heterocycles. The highest BCUT2D eigenvalue weighted by atomic mass is 35.5. The van der Waals surface area contributed by atoms with Gasteiger partial charge in [-0.2, -0.15) is 0 Å². The first kappa shape index (κ1) is 18.6. The third-order valence-electron chi connectivity index (χ3n) is 4.98. The molecule has 0 aromatic heterocycles. The van der Waals surface area contributed by atoms with Gasteiger partial charge in [0.25, 0.3) is 0 Å². The molecule has 0 amide bonds. The van der Waals surface area contributed by atoms with Crippen LogP contribution < -0.4 is 5.32 Å². The highest BCUT2D eigenvalue weighted by Crippen LogP contribution is 2.40. The fourth-order valence-electron chi connectivity index (χ4n) is 3.95. The van der Waals surface area contributed by atoms with E-state index in [1.54, 1.807) is 0 Å². The van der Waals surface area contributed by atoms with Gasteiger partial charge in [-0.15, -0.1) is 12.4 Å². The molecule has 2 nitrogen and oxygen atoms in total. The third kappa shape index (κ3) is 4.20. The minimum Gasteiger partial charge on any atom is -0.314 e. The number of benzene rings is 1. The normalized spacial score (nSPS) is 21.7. The lowest BCUT2D eigenvalue weighted by Gasteiger charge is -2.41. The van der Waals surface area contributed by atoms with Gasteiger partial charge in [0.2, 0.25) is 0 Å². The quantitative estimate of drug-likeness (QED) is 0.829. The average Bonchev–Trinajstić information content (AvgIpc) is 2.54. The van der Waals surface area contributed by atoms with Crippen LogP contribution in [-0.2, 0) is 0 Å². The van der Waals surface area contributed by atoms with Crippen molar-refractivity contribution in [3.8, 4) is 0 Å². The molecule has 0 unspecified atom stereocenters. The summed E-state index contributed by atoms with van der Waals surface area (Å²) >= 11 is 0. The van der Waals surface area contributed by atoms with E-state index in [0.29, 0.717) is 6.07 Å². The van der Waals surface area contributed by atoms with Crippen LogP contribution in [0.1, 0.15) is 43.7 Å². The molecule has 2 fully saturated rings. The molecule has 1 heterocycles. The summed E-state index contributed by atoms with van der Waals surface area (Å²) in [6.07, 6.45) is 5.45. The van der Waals surface area contributed by atoms with Gasteiger partial charge in [0.1, 0.15) is 5.82 Å². The van der Waals surface area contributed by atoms with Crippen LogP contribution in [0.2, 0.25) is 0 Å². The summed E-state index contributed by atoms with van der Waals surface area (Å²) in [5.41, 5.74) is 0.200. The Bertz CT molecular complexity index is 497. The minimum atomic E-state index is -1.08. The summed E-state index contributed by atoms with van der Waals surface area (Å²) in [5, 5.41) is 3.28. The fraction of sp³-hybridized carbons (Fsp3) is 0.647. The summed E-state index contributed by atoms with van der Waals surface area (Å²) in [6, 6.07) is 1.61. The first-order chi connectivity index (χ1) is 10.7. The zero-order chi connectivity index (χ0) is 15.5. The standard InChI is InChI=1S/C17H23F3N2.ClH/c18-13-10-14(16(20)15(19)11-13)17(12-4-2-1-3-5-12)22-8-6-21-7-9-22;/h10-12,17,21H,1-9H2;1H/t17-;/m0./s1. The molecule has 0 spiro atoms. The molecule has 1 saturated carbocycles. The maximum atomic E-state index is 14.4. The van der Waals surface area contributed by atoms with E-state index in [4.69, 9.17) is 0 Å². The zero-order valence-corrected chi connectivity index (χ0v) is 14.0. The number of piperazine rings is 1. The first-order valence-corrected chi connectivity index (χ1v) is 8.26. The van der Waals surface area contributed by atoms with Crippen molar-refractivity contribution in [3.63, 3.8) is 0 Å². The summed E-state index contributed by atoms with van der Waals surface area (Å²) in [6.45, 7) is 3.25. The van der Waals surface area contributed by atoms with E-state index >= 15 is 0 Å². The number of nitrogens with one attached hydrogen (secondary N) is 1. The molecule has 1 atom stereocenters.